The molecule has 128 valence electrons. The summed E-state index contributed by atoms with van der Waals surface area (Å²) in [6, 6.07) is 11.8. The molecule has 0 saturated heterocycles. The van der Waals surface area contributed by atoms with Crippen LogP contribution >= 0.6 is 27.5 Å². The standard InChI is InChI=1S/C16H16BrClN2O3S/c1-2-11-4-3-5-13(8-11)20-16(21)10-19-24(22,23)15-7-6-12(17)9-14(15)18/h3-9,19H,2,10H2,1H3,(H,20,21). The topological polar surface area (TPSA) is 75.3 Å². The van der Waals surface area contributed by atoms with Gasteiger partial charge in [-0.2, -0.15) is 0 Å². The van der Waals surface area contributed by atoms with Crippen molar-refractivity contribution in [3.63, 3.8) is 0 Å². The zero-order chi connectivity index (χ0) is 17.7. The highest BCUT2D eigenvalue weighted by molar-refractivity contribution is 9.10. The van der Waals surface area contributed by atoms with Crippen molar-refractivity contribution in [2.45, 2.75) is 18.2 Å². The van der Waals surface area contributed by atoms with Crippen LogP contribution in [-0.4, -0.2) is 20.9 Å². The van der Waals surface area contributed by atoms with Gasteiger partial charge in [0.2, 0.25) is 15.9 Å². The number of anilines is 1. The lowest BCUT2D eigenvalue weighted by molar-refractivity contribution is -0.115. The minimum atomic E-state index is -3.87. The van der Waals surface area contributed by atoms with Crippen LogP contribution in [0, 0.1) is 0 Å². The lowest BCUT2D eigenvalue weighted by Gasteiger charge is -2.10. The van der Waals surface area contributed by atoms with Crippen molar-refractivity contribution in [1.82, 2.24) is 4.72 Å². The van der Waals surface area contributed by atoms with E-state index in [2.05, 4.69) is 26.0 Å². The molecule has 0 unspecified atom stereocenters. The number of rotatable bonds is 6. The van der Waals surface area contributed by atoms with Crippen molar-refractivity contribution in [3.8, 4) is 0 Å². The molecular formula is C16H16BrClN2O3S. The molecule has 0 spiro atoms. The fraction of sp³-hybridized carbons (Fsp3) is 0.188. The third-order valence-corrected chi connectivity index (χ3v) is 5.60. The molecule has 24 heavy (non-hydrogen) atoms. The molecule has 0 heterocycles. The molecule has 0 radical (unpaired) electrons. The van der Waals surface area contributed by atoms with Crippen LogP contribution in [0.3, 0.4) is 0 Å². The molecule has 0 bridgehead atoms. The predicted molar refractivity (Wildman–Crippen MR) is 98.8 cm³/mol. The van der Waals surface area contributed by atoms with Crippen LogP contribution in [0.2, 0.25) is 5.02 Å². The van der Waals surface area contributed by atoms with Crippen molar-refractivity contribution in [2.24, 2.45) is 0 Å². The van der Waals surface area contributed by atoms with E-state index in [0.29, 0.717) is 10.2 Å². The minimum Gasteiger partial charge on any atom is -0.325 e. The number of hydrogen-bond donors (Lipinski definition) is 2. The number of hydrogen-bond acceptors (Lipinski definition) is 3. The average molecular weight is 432 g/mol. The highest BCUT2D eigenvalue weighted by Crippen LogP contribution is 2.24. The maximum atomic E-state index is 12.2. The Morgan fingerprint density at radius 3 is 2.62 bits per heavy atom. The summed E-state index contributed by atoms with van der Waals surface area (Å²) in [6.07, 6.45) is 0.846. The van der Waals surface area contributed by atoms with Gasteiger partial charge in [0.1, 0.15) is 4.90 Å². The molecule has 2 rings (SSSR count). The van der Waals surface area contributed by atoms with Gasteiger partial charge in [0.05, 0.1) is 11.6 Å². The Morgan fingerprint density at radius 2 is 1.96 bits per heavy atom. The van der Waals surface area contributed by atoms with E-state index in [9.17, 15) is 13.2 Å². The Labute approximate surface area is 154 Å². The number of benzene rings is 2. The van der Waals surface area contributed by atoms with E-state index < -0.39 is 15.9 Å². The molecule has 0 atom stereocenters. The lowest BCUT2D eigenvalue weighted by atomic mass is 10.1. The van der Waals surface area contributed by atoms with Crippen LogP contribution in [0.1, 0.15) is 12.5 Å². The number of carbonyl (C=O) groups excluding carboxylic acids is 1. The van der Waals surface area contributed by atoms with E-state index in [0.717, 1.165) is 12.0 Å². The van der Waals surface area contributed by atoms with Crippen molar-refractivity contribution in [2.75, 3.05) is 11.9 Å². The Kier molecular flexibility index (Phi) is 6.40. The SMILES string of the molecule is CCc1cccc(NC(=O)CNS(=O)(=O)c2ccc(Br)cc2Cl)c1. The highest BCUT2D eigenvalue weighted by atomic mass is 79.9. The van der Waals surface area contributed by atoms with Gasteiger partial charge in [-0.1, -0.05) is 46.6 Å². The molecule has 0 aliphatic heterocycles. The minimum absolute atomic E-state index is 0.0758. The largest absolute Gasteiger partial charge is 0.325 e. The molecule has 1 amide bonds. The van der Waals surface area contributed by atoms with Crippen molar-refractivity contribution >= 4 is 49.1 Å². The van der Waals surface area contributed by atoms with Crippen LogP contribution in [-0.2, 0) is 21.2 Å². The number of halogens is 2. The van der Waals surface area contributed by atoms with Gasteiger partial charge in [-0.3, -0.25) is 4.79 Å². The van der Waals surface area contributed by atoms with Crippen LogP contribution in [0.5, 0.6) is 0 Å². The van der Waals surface area contributed by atoms with Gasteiger partial charge in [-0.05, 0) is 42.3 Å². The third-order valence-electron chi connectivity index (χ3n) is 3.23. The normalized spacial score (nSPS) is 11.3. The molecule has 2 N–H and O–H groups in total. The van der Waals surface area contributed by atoms with Gasteiger partial charge < -0.3 is 5.32 Å². The first kappa shape index (κ1) is 18.9. The molecule has 2 aromatic carbocycles. The number of nitrogens with one attached hydrogen (secondary N) is 2. The maximum Gasteiger partial charge on any atom is 0.242 e. The smallest absolute Gasteiger partial charge is 0.242 e. The summed E-state index contributed by atoms with van der Waals surface area (Å²) in [6.45, 7) is 1.63. The first-order chi connectivity index (χ1) is 11.3. The first-order valence-corrected chi connectivity index (χ1v) is 9.80. The van der Waals surface area contributed by atoms with E-state index in [1.807, 2.05) is 25.1 Å². The number of aryl methyl sites for hydroxylation is 1. The van der Waals surface area contributed by atoms with Crippen LogP contribution in [0.4, 0.5) is 5.69 Å². The van der Waals surface area contributed by atoms with Crippen molar-refractivity contribution in [3.05, 3.63) is 57.5 Å². The third kappa shape index (κ3) is 5.04. The second kappa shape index (κ2) is 8.11. The van der Waals surface area contributed by atoms with E-state index in [-0.39, 0.29) is 16.5 Å². The summed E-state index contributed by atoms with van der Waals surface area (Å²) in [5, 5.41) is 2.73. The molecule has 0 aliphatic carbocycles. The quantitative estimate of drug-likeness (QED) is 0.734. The first-order valence-electron chi connectivity index (χ1n) is 7.15. The fourth-order valence-corrected chi connectivity index (χ4v) is 4.02. The summed E-state index contributed by atoms with van der Waals surface area (Å²) in [5.74, 6) is -0.458. The summed E-state index contributed by atoms with van der Waals surface area (Å²) in [5.41, 5.74) is 1.70. The molecule has 0 fully saturated rings. The summed E-state index contributed by atoms with van der Waals surface area (Å²) < 4.78 is 27.4. The van der Waals surface area contributed by atoms with Crippen LogP contribution in [0.15, 0.2) is 51.8 Å². The van der Waals surface area contributed by atoms with E-state index in [1.165, 1.54) is 12.1 Å². The predicted octanol–water partition coefficient (Wildman–Crippen LogP) is 3.58. The molecule has 0 saturated carbocycles. The molecule has 2 aromatic rings. The van der Waals surface area contributed by atoms with E-state index in [1.54, 1.807) is 12.1 Å². The van der Waals surface area contributed by atoms with E-state index in [4.69, 9.17) is 11.6 Å². The summed E-state index contributed by atoms with van der Waals surface area (Å²) in [7, 11) is -3.87. The fourth-order valence-electron chi connectivity index (χ4n) is 2.01. The zero-order valence-electron chi connectivity index (χ0n) is 12.8. The van der Waals surface area contributed by atoms with Crippen molar-refractivity contribution in [1.29, 1.82) is 0 Å². The van der Waals surface area contributed by atoms with E-state index >= 15 is 0 Å². The van der Waals surface area contributed by atoms with Gasteiger partial charge in [0.15, 0.2) is 0 Å². The lowest BCUT2D eigenvalue weighted by Crippen LogP contribution is -2.33. The molecule has 0 aliphatic rings. The van der Waals surface area contributed by atoms with Crippen LogP contribution < -0.4 is 10.0 Å². The zero-order valence-corrected chi connectivity index (χ0v) is 16.0. The molecule has 0 aromatic heterocycles. The monoisotopic (exact) mass is 430 g/mol. The molecule has 8 heteroatoms. The maximum absolute atomic E-state index is 12.2. The summed E-state index contributed by atoms with van der Waals surface area (Å²) in [4.78, 5) is 11.9. The second-order valence-corrected chi connectivity index (χ2v) is 8.06. The van der Waals surface area contributed by atoms with Gasteiger partial charge in [-0.15, -0.1) is 0 Å². The molecular weight excluding hydrogens is 416 g/mol. The Bertz CT molecular complexity index is 856. The Hall–Kier alpha value is -1.41. The van der Waals surface area contributed by atoms with Crippen LogP contribution in [0.25, 0.3) is 0 Å². The highest BCUT2D eigenvalue weighted by Gasteiger charge is 2.19. The van der Waals surface area contributed by atoms with Gasteiger partial charge in [0, 0.05) is 10.2 Å². The van der Waals surface area contributed by atoms with Gasteiger partial charge >= 0.3 is 0 Å². The van der Waals surface area contributed by atoms with Crippen molar-refractivity contribution < 1.29 is 13.2 Å². The Morgan fingerprint density at radius 1 is 1.21 bits per heavy atom. The summed E-state index contributed by atoms with van der Waals surface area (Å²) >= 11 is 9.15. The van der Waals surface area contributed by atoms with Gasteiger partial charge in [-0.25, -0.2) is 13.1 Å². The Balaban J connectivity index is 2.02. The van der Waals surface area contributed by atoms with Gasteiger partial charge in [0.25, 0.3) is 0 Å². The number of amides is 1. The molecule has 5 nitrogen and oxygen atoms in total. The number of carbonyl (C=O) groups is 1. The average Bonchev–Trinajstić information content (AvgIpc) is 2.53. The number of sulfonamides is 1. The second-order valence-electron chi connectivity index (χ2n) is 5.00.